The lowest BCUT2D eigenvalue weighted by atomic mass is 10.1. The molecule has 1 heterocycles. The Labute approximate surface area is 79.2 Å². The molecule has 1 N–H and O–H groups in total. The van der Waals surface area contributed by atoms with Crippen LogP contribution < -0.4 is 5.32 Å². The molecule has 0 spiro atoms. The van der Waals surface area contributed by atoms with Gasteiger partial charge in [-0.1, -0.05) is 6.08 Å². The van der Waals surface area contributed by atoms with Gasteiger partial charge in [-0.2, -0.15) is 0 Å². The van der Waals surface area contributed by atoms with Crippen LogP contribution in [-0.2, 0) is 9.53 Å². The maximum Gasteiger partial charge on any atom is 0.249 e. The van der Waals surface area contributed by atoms with Gasteiger partial charge >= 0.3 is 0 Å². The largest absolute Gasteiger partial charge is 0.368 e. The molecule has 3 heteroatoms. The average Bonchev–Trinajstić information content (AvgIpc) is 2.19. The zero-order chi connectivity index (χ0) is 9.52. The van der Waals surface area contributed by atoms with Gasteiger partial charge in [-0.25, -0.2) is 0 Å². The summed E-state index contributed by atoms with van der Waals surface area (Å²) in [5.74, 6) is 0.0292. The van der Waals surface area contributed by atoms with Crippen molar-refractivity contribution in [2.45, 2.75) is 31.8 Å². The summed E-state index contributed by atoms with van der Waals surface area (Å²) in [5.41, 5.74) is 0. The molecule has 0 saturated carbocycles. The first-order valence-corrected chi connectivity index (χ1v) is 4.85. The second-order valence-corrected chi connectivity index (χ2v) is 3.22. The molecular formula is C10H17NO2. The van der Waals surface area contributed by atoms with Gasteiger partial charge in [-0.05, 0) is 25.7 Å². The van der Waals surface area contributed by atoms with E-state index in [2.05, 4.69) is 11.9 Å². The Hall–Kier alpha value is -0.830. The molecule has 1 fully saturated rings. The smallest absolute Gasteiger partial charge is 0.249 e. The quantitative estimate of drug-likeness (QED) is 0.526. The summed E-state index contributed by atoms with van der Waals surface area (Å²) in [5, 5.41) is 2.82. The zero-order valence-electron chi connectivity index (χ0n) is 7.92. The van der Waals surface area contributed by atoms with E-state index in [0.29, 0.717) is 6.54 Å². The summed E-state index contributed by atoms with van der Waals surface area (Å²) in [6.07, 6.45) is 5.44. The molecule has 1 amide bonds. The molecule has 1 atom stereocenters. The highest BCUT2D eigenvalue weighted by molar-refractivity contribution is 5.80. The lowest BCUT2D eigenvalue weighted by Gasteiger charge is -2.21. The molecule has 3 nitrogen and oxygen atoms in total. The number of carbonyl (C=O) groups excluding carboxylic acids is 1. The van der Waals surface area contributed by atoms with Crippen LogP contribution in [-0.4, -0.2) is 25.2 Å². The van der Waals surface area contributed by atoms with Gasteiger partial charge in [0.25, 0.3) is 0 Å². The van der Waals surface area contributed by atoms with Crippen molar-refractivity contribution in [3.8, 4) is 0 Å². The van der Waals surface area contributed by atoms with Crippen molar-refractivity contribution >= 4 is 5.91 Å². The Balaban J connectivity index is 2.17. The van der Waals surface area contributed by atoms with Crippen molar-refractivity contribution in [1.82, 2.24) is 5.32 Å². The van der Waals surface area contributed by atoms with Crippen LogP contribution >= 0.6 is 0 Å². The topological polar surface area (TPSA) is 38.3 Å². The standard InChI is InChI=1S/C10H17NO2/c1-2-3-7-11-10(12)9-6-4-5-8-13-9/h2,9H,1,3-8H2,(H,11,12). The minimum Gasteiger partial charge on any atom is -0.368 e. The second kappa shape index (κ2) is 5.75. The number of amides is 1. The van der Waals surface area contributed by atoms with Gasteiger partial charge in [0.2, 0.25) is 5.91 Å². The van der Waals surface area contributed by atoms with E-state index in [-0.39, 0.29) is 12.0 Å². The van der Waals surface area contributed by atoms with Crippen LogP contribution in [0.2, 0.25) is 0 Å². The summed E-state index contributed by atoms with van der Waals surface area (Å²) in [7, 11) is 0. The SMILES string of the molecule is C=CCCNC(=O)C1CCCCO1. The molecule has 0 radical (unpaired) electrons. The molecular weight excluding hydrogens is 166 g/mol. The fourth-order valence-corrected chi connectivity index (χ4v) is 1.36. The number of hydrogen-bond donors (Lipinski definition) is 1. The maximum absolute atomic E-state index is 11.4. The summed E-state index contributed by atoms with van der Waals surface area (Å²) in [4.78, 5) is 11.4. The van der Waals surface area contributed by atoms with Crippen LogP contribution in [0.1, 0.15) is 25.7 Å². The zero-order valence-corrected chi connectivity index (χ0v) is 7.92. The molecule has 1 aliphatic heterocycles. The second-order valence-electron chi connectivity index (χ2n) is 3.22. The summed E-state index contributed by atoms with van der Waals surface area (Å²) in [6, 6.07) is 0. The molecule has 0 aromatic carbocycles. The normalized spacial score (nSPS) is 22.3. The van der Waals surface area contributed by atoms with Crippen LogP contribution in [0.5, 0.6) is 0 Å². The van der Waals surface area contributed by atoms with E-state index >= 15 is 0 Å². The predicted octanol–water partition coefficient (Wildman–Crippen LogP) is 1.25. The fraction of sp³-hybridized carbons (Fsp3) is 0.700. The lowest BCUT2D eigenvalue weighted by molar-refractivity contribution is -0.135. The van der Waals surface area contributed by atoms with E-state index in [1.165, 1.54) is 0 Å². The van der Waals surface area contributed by atoms with Crippen molar-refractivity contribution < 1.29 is 9.53 Å². The molecule has 1 unspecified atom stereocenters. The van der Waals surface area contributed by atoms with Gasteiger partial charge in [0.05, 0.1) is 0 Å². The minimum absolute atomic E-state index is 0.0292. The molecule has 0 aromatic heterocycles. The molecule has 74 valence electrons. The number of nitrogens with one attached hydrogen (secondary N) is 1. The van der Waals surface area contributed by atoms with E-state index in [9.17, 15) is 4.79 Å². The summed E-state index contributed by atoms with van der Waals surface area (Å²) >= 11 is 0. The van der Waals surface area contributed by atoms with Crippen LogP contribution in [0.25, 0.3) is 0 Å². The highest BCUT2D eigenvalue weighted by Crippen LogP contribution is 2.12. The third kappa shape index (κ3) is 3.59. The van der Waals surface area contributed by atoms with Crippen LogP contribution in [0, 0.1) is 0 Å². The third-order valence-corrected chi connectivity index (χ3v) is 2.12. The van der Waals surface area contributed by atoms with Crippen molar-refractivity contribution in [2.24, 2.45) is 0 Å². The first-order chi connectivity index (χ1) is 6.34. The van der Waals surface area contributed by atoms with Crippen molar-refractivity contribution in [2.75, 3.05) is 13.2 Å². The Kier molecular flexibility index (Phi) is 4.54. The fourth-order valence-electron chi connectivity index (χ4n) is 1.36. The summed E-state index contributed by atoms with van der Waals surface area (Å²) in [6.45, 7) is 4.98. The van der Waals surface area contributed by atoms with Crippen molar-refractivity contribution in [3.05, 3.63) is 12.7 Å². The number of ether oxygens (including phenoxy) is 1. The van der Waals surface area contributed by atoms with Gasteiger partial charge in [0.15, 0.2) is 0 Å². The van der Waals surface area contributed by atoms with E-state index in [4.69, 9.17) is 4.74 Å². The van der Waals surface area contributed by atoms with Gasteiger partial charge in [-0.15, -0.1) is 6.58 Å². The Bertz CT molecular complexity index is 174. The number of carbonyl (C=O) groups is 1. The van der Waals surface area contributed by atoms with E-state index in [0.717, 1.165) is 32.3 Å². The highest BCUT2D eigenvalue weighted by Gasteiger charge is 2.20. The average molecular weight is 183 g/mol. The molecule has 13 heavy (non-hydrogen) atoms. The van der Waals surface area contributed by atoms with Gasteiger partial charge in [-0.3, -0.25) is 4.79 Å². The first kappa shape index (κ1) is 10.3. The minimum atomic E-state index is -0.210. The molecule has 1 rings (SSSR count). The van der Waals surface area contributed by atoms with E-state index in [1.54, 1.807) is 6.08 Å². The number of rotatable bonds is 4. The van der Waals surface area contributed by atoms with Crippen molar-refractivity contribution in [3.63, 3.8) is 0 Å². The third-order valence-electron chi connectivity index (χ3n) is 2.12. The monoisotopic (exact) mass is 183 g/mol. The lowest BCUT2D eigenvalue weighted by Crippen LogP contribution is -2.38. The predicted molar refractivity (Wildman–Crippen MR) is 51.4 cm³/mol. The van der Waals surface area contributed by atoms with Gasteiger partial charge < -0.3 is 10.1 Å². The van der Waals surface area contributed by atoms with E-state index < -0.39 is 0 Å². The highest BCUT2D eigenvalue weighted by atomic mass is 16.5. The molecule has 1 aliphatic rings. The summed E-state index contributed by atoms with van der Waals surface area (Å²) < 4.78 is 5.33. The van der Waals surface area contributed by atoms with Crippen LogP contribution in [0.3, 0.4) is 0 Å². The molecule has 0 aromatic rings. The maximum atomic E-state index is 11.4. The Morgan fingerprint density at radius 3 is 3.08 bits per heavy atom. The Morgan fingerprint density at radius 2 is 2.46 bits per heavy atom. The van der Waals surface area contributed by atoms with Crippen molar-refractivity contribution in [1.29, 1.82) is 0 Å². The number of hydrogen-bond acceptors (Lipinski definition) is 2. The van der Waals surface area contributed by atoms with Crippen LogP contribution in [0.15, 0.2) is 12.7 Å². The Morgan fingerprint density at radius 1 is 1.62 bits per heavy atom. The van der Waals surface area contributed by atoms with Crippen LogP contribution in [0.4, 0.5) is 0 Å². The first-order valence-electron chi connectivity index (χ1n) is 4.85. The van der Waals surface area contributed by atoms with Gasteiger partial charge in [0.1, 0.15) is 6.10 Å². The van der Waals surface area contributed by atoms with Gasteiger partial charge in [0, 0.05) is 13.2 Å². The molecule has 1 saturated heterocycles. The van der Waals surface area contributed by atoms with E-state index in [1.807, 2.05) is 0 Å². The molecule has 0 bridgehead atoms. The molecule has 0 aliphatic carbocycles.